The summed E-state index contributed by atoms with van der Waals surface area (Å²) >= 11 is 0. The molecule has 0 radical (unpaired) electrons. The SMILES string of the molecule is Cc1cc(C(O)CC#N)n(C)n1. The molecule has 0 bridgehead atoms. The highest BCUT2D eigenvalue weighted by atomic mass is 16.3. The molecule has 12 heavy (non-hydrogen) atoms. The van der Waals surface area contributed by atoms with E-state index in [-0.39, 0.29) is 6.42 Å². The highest BCUT2D eigenvalue weighted by Crippen LogP contribution is 2.15. The first-order valence-corrected chi connectivity index (χ1v) is 3.70. The predicted molar refractivity (Wildman–Crippen MR) is 43.1 cm³/mol. The van der Waals surface area contributed by atoms with Crippen LogP contribution >= 0.6 is 0 Å². The molecule has 0 aliphatic heterocycles. The summed E-state index contributed by atoms with van der Waals surface area (Å²) in [5.74, 6) is 0. The van der Waals surface area contributed by atoms with E-state index < -0.39 is 6.10 Å². The van der Waals surface area contributed by atoms with E-state index in [1.54, 1.807) is 17.8 Å². The first kappa shape index (κ1) is 8.75. The fourth-order valence-electron chi connectivity index (χ4n) is 1.13. The van der Waals surface area contributed by atoms with Gasteiger partial charge in [-0.05, 0) is 13.0 Å². The number of rotatable bonds is 2. The highest BCUT2D eigenvalue weighted by Gasteiger charge is 2.11. The van der Waals surface area contributed by atoms with Gasteiger partial charge in [0.15, 0.2) is 0 Å². The Hall–Kier alpha value is -1.34. The van der Waals surface area contributed by atoms with Crippen molar-refractivity contribution in [3.05, 3.63) is 17.5 Å². The smallest absolute Gasteiger partial charge is 0.109 e. The first-order valence-electron chi connectivity index (χ1n) is 3.70. The van der Waals surface area contributed by atoms with E-state index in [4.69, 9.17) is 5.26 Å². The van der Waals surface area contributed by atoms with E-state index in [2.05, 4.69) is 5.10 Å². The number of hydrogen-bond acceptors (Lipinski definition) is 3. The monoisotopic (exact) mass is 165 g/mol. The van der Waals surface area contributed by atoms with E-state index in [1.807, 2.05) is 13.0 Å². The van der Waals surface area contributed by atoms with Crippen LogP contribution in [0.4, 0.5) is 0 Å². The maximum Gasteiger partial charge on any atom is 0.109 e. The quantitative estimate of drug-likeness (QED) is 0.700. The Morgan fingerprint density at radius 3 is 2.92 bits per heavy atom. The molecule has 4 nitrogen and oxygen atoms in total. The molecular weight excluding hydrogens is 154 g/mol. The standard InChI is InChI=1S/C8H11N3O/c1-6-5-7(11(2)10-6)8(12)3-4-9/h5,8,12H,3H2,1-2H3. The lowest BCUT2D eigenvalue weighted by molar-refractivity contribution is 0.173. The summed E-state index contributed by atoms with van der Waals surface area (Å²) in [5, 5.41) is 21.8. The van der Waals surface area contributed by atoms with Crippen molar-refractivity contribution in [3.8, 4) is 6.07 Å². The average Bonchev–Trinajstić information content (AvgIpc) is 2.30. The van der Waals surface area contributed by atoms with E-state index in [9.17, 15) is 5.11 Å². The van der Waals surface area contributed by atoms with Gasteiger partial charge in [0, 0.05) is 7.05 Å². The molecule has 64 valence electrons. The van der Waals surface area contributed by atoms with Crippen molar-refractivity contribution in [2.75, 3.05) is 0 Å². The number of nitriles is 1. The summed E-state index contributed by atoms with van der Waals surface area (Å²) in [6.45, 7) is 1.85. The Labute approximate surface area is 71.1 Å². The molecule has 1 atom stereocenters. The fourth-order valence-corrected chi connectivity index (χ4v) is 1.13. The van der Waals surface area contributed by atoms with Crippen LogP contribution in [0.5, 0.6) is 0 Å². The molecule has 0 aliphatic rings. The Morgan fingerprint density at radius 2 is 2.50 bits per heavy atom. The summed E-state index contributed by atoms with van der Waals surface area (Å²) in [7, 11) is 1.75. The molecule has 4 heteroatoms. The van der Waals surface area contributed by atoms with Crippen LogP contribution in [0.3, 0.4) is 0 Å². The van der Waals surface area contributed by atoms with Crippen molar-refractivity contribution in [2.24, 2.45) is 7.05 Å². The molecule has 0 fully saturated rings. The lowest BCUT2D eigenvalue weighted by Crippen LogP contribution is -2.04. The van der Waals surface area contributed by atoms with Crippen LogP contribution in [-0.2, 0) is 7.05 Å². The molecule has 1 heterocycles. The number of aliphatic hydroxyl groups is 1. The van der Waals surface area contributed by atoms with Crippen LogP contribution in [-0.4, -0.2) is 14.9 Å². The highest BCUT2D eigenvalue weighted by molar-refractivity contribution is 5.12. The van der Waals surface area contributed by atoms with Crippen molar-refractivity contribution in [2.45, 2.75) is 19.4 Å². The molecule has 1 aromatic heterocycles. The molecule has 0 aliphatic carbocycles. The molecule has 0 aromatic carbocycles. The summed E-state index contributed by atoms with van der Waals surface area (Å²) in [6.07, 6.45) is -0.611. The number of aliphatic hydroxyl groups excluding tert-OH is 1. The minimum atomic E-state index is -0.721. The van der Waals surface area contributed by atoms with Gasteiger partial charge >= 0.3 is 0 Å². The predicted octanol–water partition coefficient (Wildman–Crippen LogP) is 0.676. The zero-order valence-electron chi connectivity index (χ0n) is 7.15. The van der Waals surface area contributed by atoms with Crippen molar-refractivity contribution >= 4 is 0 Å². The van der Waals surface area contributed by atoms with E-state index in [0.717, 1.165) is 5.69 Å². The number of hydrogen-bond donors (Lipinski definition) is 1. The lowest BCUT2D eigenvalue weighted by Gasteiger charge is -2.05. The number of aromatic nitrogens is 2. The Kier molecular flexibility index (Phi) is 2.46. The van der Waals surface area contributed by atoms with Gasteiger partial charge in [-0.1, -0.05) is 0 Å². The minimum Gasteiger partial charge on any atom is -0.386 e. The van der Waals surface area contributed by atoms with E-state index in [1.165, 1.54) is 0 Å². The lowest BCUT2D eigenvalue weighted by atomic mass is 10.2. The molecule has 1 unspecified atom stereocenters. The number of aryl methyl sites for hydroxylation is 2. The first-order chi connectivity index (χ1) is 5.65. The topological polar surface area (TPSA) is 61.8 Å². The van der Waals surface area contributed by atoms with Crippen molar-refractivity contribution in [1.29, 1.82) is 5.26 Å². The van der Waals surface area contributed by atoms with Crippen molar-refractivity contribution in [3.63, 3.8) is 0 Å². The minimum absolute atomic E-state index is 0.110. The normalized spacial score (nSPS) is 12.5. The molecule has 0 amide bonds. The van der Waals surface area contributed by atoms with Crippen molar-refractivity contribution in [1.82, 2.24) is 9.78 Å². The van der Waals surface area contributed by atoms with Gasteiger partial charge in [0.05, 0.1) is 23.9 Å². The maximum absolute atomic E-state index is 9.43. The third-order valence-corrected chi connectivity index (χ3v) is 1.66. The summed E-state index contributed by atoms with van der Waals surface area (Å²) < 4.78 is 1.59. The van der Waals surface area contributed by atoms with Gasteiger partial charge in [-0.15, -0.1) is 0 Å². The Bertz CT molecular complexity index is 311. The Balaban J connectivity index is 2.88. The van der Waals surface area contributed by atoms with Gasteiger partial charge in [0.25, 0.3) is 0 Å². The molecule has 0 saturated carbocycles. The van der Waals surface area contributed by atoms with Crippen LogP contribution in [0, 0.1) is 18.3 Å². The van der Waals surface area contributed by atoms with Gasteiger partial charge in [-0.3, -0.25) is 4.68 Å². The second-order valence-electron chi connectivity index (χ2n) is 2.71. The third-order valence-electron chi connectivity index (χ3n) is 1.66. The van der Waals surface area contributed by atoms with E-state index in [0.29, 0.717) is 5.69 Å². The molecule has 0 saturated heterocycles. The summed E-state index contributed by atoms with van der Waals surface area (Å²) in [4.78, 5) is 0. The third kappa shape index (κ3) is 1.63. The van der Waals surface area contributed by atoms with Crippen LogP contribution in [0.15, 0.2) is 6.07 Å². The molecular formula is C8H11N3O. The van der Waals surface area contributed by atoms with Crippen LogP contribution < -0.4 is 0 Å². The second-order valence-corrected chi connectivity index (χ2v) is 2.71. The largest absolute Gasteiger partial charge is 0.386 e. The van der Waals surface area contributed by atoms with Gasteiger partial charge < -0.3 is 5.11 Å². The van der Waals surface area contributed by atoms with Gasteiger partial charge in [-0.25, -0.2) is 0 Å². The number of nitrogens with zero attached hydrogens (tertiary/aromatic N) is 3. The molecule has 1 aromatic rings. The zero-order valence-corrected chi connectivity index (χ0v) is 7.15. The van der Waals surface area contributed by atoms with Gasteiger partial charge in [0.1, 0.15) is 6.10 Å². The van der Waals surface area contributed by atoms with Crippen LogP contribution in [0.1, 0.15) is 23.9 Å². The maximum atomic E-state index is 9.43. The molecule has 0 spiro atoms. The zero-order chi connectivity index (χ0) is 9.14. The van der Waals surface area contributed by atoms with Crippen LogP contribution in [0.25, 0.3) is 0 Å². The van der Waals surface area contributed by atoms with Gasteiger partial charge in [0.2, 0.25) is 0 Å². The molecule has 1 N–H and O–H groups in total. The van der Waals surface area contributed by atoms with Crippen LogP contribution in [0.2, 0.25) is 0 Å². The summed E-state index contributed by atoms with van der Waals surface area (Å²) in [5.41, 5.74) is 1.54. The fraction of sp³-hybridized carbons (Fsp3) is 0.500. The van der Waals surface area contributed by atoms with Crippen molar-refractivity contribution < 1.29 is 5.11 Å². The second kappa shape index (κ2) is 3.37. The van der Waals surface area contributed by atoms with Gasteiger partial charge in [-0.2, -0.15) is 10.4 Å². The molecule has 1 rings (SSSR count). The summed E-state index contributed by atoms with van der Waals surface area (Å²) in [6, 6.07) is 3.69. The Morgan fingerprint density at radius 1 is 1.83 bits per heavy atom. The van der Waals surface area contributed by atoms with E-state index >= 15 is 0 Å². The average molecular weight is 165 g/mol.